The van der Waals surface area contributed by atoms with E-state index in [1.54, 1.807) is 7.11 Å². The van der Waals surface area contributed by atoms with Crippen LogP contribution in [0.1, 0.15) is 24.2 Å². The van der Waals surface area contributed by atoms with Gasteiger partial charge in [-0.15, -0.1) is 10.2 Å². The lowest BCUT2D eigenvalue weighted by Gasteiger charge is -2.12. The third-order valence-corrected chi connectivity index (χ3v) is 4.17. The Hall–Kier alpha value is -3.10. The molecule has 3 N–H and O–H groups in total. The SMILES string of the molecule is COc1cc2c(cc1C)nc(NCCCCNC(=O)O)c1nnc(C)n12. The molecule has 1 amide bonds. The fourth-order valence-corrected chi connectivity index (χ4v) is 2.90. The van der Waals surface area contributed by atoms with E-state index in [0.29, 0.717) is 24.6 Å². The summed E-state index contributed by atoms with van der Waals surface area (Å²) in [6, 6.07) is 3.93. The largest absolute Gasteiger partial charge is 0.496 e. The first-order chi connectivity index (χ1) is 12.5. The molecule has 0 aliphatic rings. The highest BCUT2D eigenvalue weighted by atomic mass is 16.5. The van der Waals surface area contributed by atoms with Gasteiger partial charge in [0.1, 0.15) is 11.6 Å². The predicted octanol–water partition coefficient (Wildman–Crippen LogP) is 2.36. The summed E-state index contributed by atoms with van der Waals surface area (Å²) < 4.78 is 7.38. The number of nitrogens with one attached hydrogen (secondary N) is 2. The quantitative estimate of drug-likeness (QED) is 0.556. The molecule has 0 atom stereocenters. The van der Waals surface area contributed by atoms with Gasteiger partial charge < -0.3 is 20.5 Å². The lowest BCUT2D eigenvalue weighted by molar-refractivity contribution is 0.194. The normalized spacial score (nSPS) is 11.0. The van der Waals surface area contributed by atoms with Crippen LogP contribution in [0.2, 0.25) is 0 Å². The molecular formula is C17H22N6O3. The maximum atomic E-state index is 10.4. The first kappa shape index (κ1) is 17.7. The van der Waals surface area contributed by atoms with Gasteiger partial charge in [-0.2, -0.15) is 0 Å². The highest BCUT2D eigenvalue weighted by Gasteiger charge is 2.14. The maximum Gasteiger partial charge on any atom is 0.404 e. The molecular weight excluding hydrogens is 336 g/mol. The first-order valence-electron chi connectivity index (χ1n) is 8.42. The molecule has 2 aromatic heterocycles. The van der Waals surface area contributed by atoms with Gasteiger partial charge in [0.15, 0.2) is 5.82 Å². The fraction of sp³-hybridized carbons (Fsp3) is 0.412. The van der Waals surface area contributed by atoms with Gasteiger partial charge in [0, 0.05) is 19.2 Å². The second kappa shape index (κ2) is 7.42. The number of fused-ring (bicyclic) bond motifs is 3. The van der Waals surface area contributed by atoms with Crippen LogP contribution in [0.15, 0.2) is 12.1 Å². The molecule has 3 rings (SSSR count). The third kappa shape index (κ3) is 3.46. The Morgan fingerprint density at radius 1 is 1.23 bits per heavy atom. The third-order valence-electron chi connectivity index (χ3n) is 4.17. The van der Waals surface area contributed by atoms with Crippen LogP contribution < -0.4 is 15.4 Å². The molecule has 0 aliphatic carbocycles. The molecule has 9 heteroatoms. The molecule has 0 saturated heterocycles. The molecule has 0 unspecified atom stereocenters. The van der Waals surface area contributed by atoms with E-state index < -0.39 is 6.09 Å². The summed E-state index contributed by atoms with van der Waals surface area (Å²) in [5, 5.41) is 22.6. The number of ether oxygens (including phenoxy) is 1. The summed E-state index contributed by atoms with van der Waals surface area (Å²) in [6.45, 7) is 4.97. The Morgan fingerprint density at radius 3 is 2.73 bits per heavy atom. The van der Waals surface area contributed by atoms with Crippen LogP contribution in [0, 0.1) is 13.8 Å². The van der Waals surface area contributed by atoms with Gasteiger partial charge in [-0.05, 0) is 38.3 Å². The number of amides is 1. The number of aromatic nitrogens is 4. The molecule has 0 spiro atoms. The minimum atomic E-state index is -0.999. The Bertz CT molecular complexity index is 953. The van der Waals surface area contributed by atoms with Crippen LogP contribution in [0.25, 0.3) is 16.7 Å². The van der Waals surface area contributed by atoms with Crippen molar-refractivity contribution >= 4 is 28.6 Å². The van der Waals surface area contributed by atoms with Crippen molar-refractivity contribution in [2.75, 3.05) is 25.5 Å². The van der Waals surface area contributed by atoms with E-state index in [4.69, 9.17) is 14.8 Å². The van der Waals surface area contributed by atoms with E-state index in [9.17, 15) is 4.79 Å². The molecule has 0 fully saturated rings. The number of methoxy groups -OCH3 is 1. The van der Waals surface area contributed by atoms with Crippen LogP contribution in [0.3, 0.4) is 0 Å². The van der Waals surface area contributed by atoms with Gasteiger partial charge in [-0.3, -0.25) is 4.40 Å². The zero-order chi connectivity index (χ0) is 18.7. The average molecular weight is 358 g/mol. The summed E-state index contributed by atoms with van der Waals surface area (Å²) in [4.78, 5) is 15.1. The maximum absolute atomic E-state index is 10.4. The lowest BCUT2D eigenvalue weighted by Crippen LogP contribution is -2.22. The fourth-order valence-electron chi connectivity index (χ4n) is 2.90. The Kier molecular flexibility index (Phi) is 5.06. The van der Waals surface area contributed by atoms with Crippen LogP contribution in [0.4, 0.5) is 10.6 Å². The summed E-state index contributed by atoms with van der Waals surface area (Å²) in [5.41, 5.74) is 3.38. The molecule has 3 aromatic rings. The summed E-state index contributed by atoms with van der Waals surface area (Å²) >= 11 is 0. The van der Waals surface area contributed by atoms with Gasteiger partial charge in [0.2, 0.25) is 5.65 Å². The van der Waals surface area contributed by atoms with Crippen molar-refractivity contribution in [2.45, 2.75) is 26.7 Å². The minimum absolute atomic E-state index is 0.431. The zero-order valence-corrected chi connectivity index (χ0v) is 15.0. The molecule has 0 radical (unpaired) electrons. The van der Waals surface area contributed by atoms with E-state index >= 15 is 0 Å². The number of carbonyl (C=O) groups is 1. The van der Waals surface area contributed by atoms with Crippen LogP contribution in [-0.2, 0) is 0 Å². The second-order valence-corrected chi connectivity index (χ2v) is 6.04. The van der Waals surface area contributed by atoms with Crippen molar-refractivity contribution in [1.29, 1.82) is 0 Å². The second-order valence-electron chi connectivity index (χ2n) is 6.04. The Labute approximate surface area is 150 Å². The van der Waals surface area contributed by atoms with Gasteiger partial charge >= 0.3 is 6.09 Å². The monoisotopic (exact) mass is 358 g/mol. The molecule has 138 valence electrons. The van der Waals surface area contributed by atoms with E-state index in [-0.39, 0.29) is 0 Å². The number of hydrogen-bond donors (Lipinski definition) is 3. The van der Waals surface area contributed by atoms with Gasteiger partial charge in [0.05, 0.1) is 18.1 Å². The Morgan fingerprint density at radius 2 is 2.00 bits per heavy atom. The highest BCUT2D eigenvalue weighted by Crippen LogP contribution is 2.28. The number of benzene rings is 1. The number of anilines is 1. The smallest absolute Gasteiger partial charge is 0.404 e. The topological polar surface area (TPSA) is 114 Å². The van der Waals surface area contributed by atoms with E-state index in [0.717, 1.165) is 41.0 Å². The zero-order valence-electron chi connectivity index (χ0n) is 15.0. The van der Waals surface area contributed by atoms with Crippen LogP contribution in [-0.4, -0.2) is 51.0 Å². The summed E-state index contributed by atoms with van der Waals surface area (Å²) in [6.07, 6.45) is 0.548. The van der Waals surface area contributed by atoms with Gasteiger partial charge in [0.25, 0.3) is 0 Å². The predicted molar refractivity (Wildman–Crippen MR) is 98.1 cm³/mol. The van der Waals surface area contributed by atoms with Crippen molar-refractivity contribution in [3.63, 3.8) is 0 Å². The molecule has 9 nitrogen and oxygen atoms in total. The summed E-state index contributed by atoms with van der Waals surface area (Å²) in [7, 11) is 1.65. The van der Waals surface area contributed by atoms with Gasteiger partial charge in [-0.1, -0.05) is 0 Å². The number of aryl methyl sites for hydroxylation is 2. The standard InChI is InChI=1S/C17H22N6O3/c1-10-8-12-13(9-14(10)26-3)23-11(2)21-22-16(23)15(20-12)18-6-4-5-7-19-17(24)25/h8-9,19H,4-7H2,1-3H3,(H,18,20)(H,24,25). The first-order valence-corrected chi connectivity index (χ1v) is 8.42. The van der Waals surface area contributed by atoms with E-state index in [2.05, 4.69) is 20.8 Å². The molecule has 0 saturated carbocycles. The average Bonchev–Trinajstić information content (AvgIpc) is 2.99. The van der Waals surface area contributed by atoms with Crippen LogP contribution >= 0.6 is 0 Å². The summed E-state index contributed by atoms with van der Waals surface area (Å²) in [5.74, 6) is 2.22. The van der Waals surface area contributed by atoms with Crippen molar-refractivity contribution in [3.8, 4) is 5.75 Å². The Balaban J connectivity index is 1.87. The van der Waals surface area contributed by atoms with E-state index in [1.165, 1.54) is 0 Å². The number of rotatable bonds is 7. The van der Waals surface area contributed by atoms with Gasteiger partial charge in [-0.25, -0.2) is 9.78 Å². The molecule has 1 aromatic carbocycles. The number of carboxylic acid groups (broad SMARTS) is 1. The molecule has 0 bridgehead atoms. The number of hydrogen-bond acceptors (Lipinski definition) is 6. The number of unbranched alkanes of at least 4 members (excludes halogenated alkanes) is 1. The van der Waals surface area contributed by atoms with Crippen molar-refractivity contribution in [3.05, 3.63) is 23.5 Å². The lowest BCUT2D eigenvalue weighted by atomic mass is 10.2. The minimum Gasteiger partial charge on any atom is -0.496 e. The highest BCUT2D eigenvalue weighted by molar-refractivity contribution is 5.85. The van der Waals surface area contributed by atoms with Crippen molar-refractivity contribution < 1.29 is 14.6 Å². The van der Waals surface area contributed by atoms with E-state index in [1.807, 2.05) is 30.4 Å². The molecule has 26 heavy (non-hydrogen) atoms. The van der Waals surface area contributed by atoms with Crippen molar-refractivity contribution in [2.24, 2.45) is 0 Å². The van der Waals surface area contributed by atoms with Crippen molar-refractivity contribution in [1.82, 2.24) is 24.9 Å². The van der Waals surface area contributed by atoms with Crippen LogP contribution in [0.5, 0.6) is 5.75 Å². The number of nitrogens with zero attached hydrogens (tertiary/aromatic N) is 4. The molecule has 2 heterocycles. The molecule has 0 aliphatic heterocycles.